The fraction of sp³-hybridized carbons (Fsp3) is 0.465. The number of ketones is 1. The molecule has 1 amide bonds. The Morgan fingerprint density at radius 3 is 2.64 bits per heavy atom. The van der Waals surface area contributed by atoms with Gasteiger partial charge in [0.15, 0.2) is 5.78 Å². The van der Waals surface area contributed by atoms with Crippen LogP contribution in [-0.2, 0) is 14.4 Å². The van der Waals surface area contributed by atoms with Crippen LogP contribution in [0.3, 0.4) is 0 Å². The number of allylic oxidation sites excluding steroid dienone is 2. The van der Waals surface area contributed by atoms with Crippen molar-refractivity contribution < 1.29 is 33.4 Å². The van der Waals surface area contributed by atoms with E-state index in [9.17, 15) is 23.9 Å². The van der Waals surface area contributed by atoms with Crippen LogP contribution in [0.25, 0.3) is 21.6 Å². The molecular weight excluding hydrogens is 720 g/mol. The molecule has 2 aromatic carbocycles. The summed E-state index contributed by atoms with van der Waals surface area (Å²) in [5.41, 5.74) is 3.16. The van der Waals surface area contributed by atoms with Crippen molar-refractivity contribution in [2.24, 2.45) is 11.3 Å². The van der Waals surface area contributed by atoms with Crippen molar-refractivity contribution in [3.8, 4) is 22.2 Å². The number of amides is 1. The number of carbonyl (C=O) groups excluding carboxylic acids is 2. The van der Waals surface area contributed by atoms with E-state index in [1.165, 1.54) is 23.5 Å². The Hall–Kier alpha value is -4.84. The van der Waals surface area contributed by atoms with Crippen LogP contribution in [0.1, 0.15) is 88.0 Å². The minimum Gasteiger partial charge on any atom is -0.496 e. The van der Waals surface area contributed by atoms with Gasteiger partial charge in [0.05, 0.1) is 36.3 Å². The fourth-order valence-corrected chi connectivity index (χ4v) is 9.09. The smallest absolute Gasteiger partial charge is 0.310 e. The van der Waals surface area contributed by atoms with Gasteiger partial charge in [-0.1, -0.05) is 38.8 Å². The van der Waals surface area contributed by atoms with Gasteiger partial charge in [0.25, 0.3) is 0 Å². The first kappa shape index (κ1) is 38.4. The van der Waals surface area contributed by atoms with Gasteiger partial charge in [-0.25, -0.2) is 14.4 Å². The molecule has 4 heterocycles. The Labute approximate surface area is 325 Å². The molecule has 0 radical (unpaired) electrons. The number of nitrogens with one attached hydrogen (secondary N) is 1. The second-order valence-electron chi connectivity index (χ2n) is 15.7. The molecule has 5 atom stereocenters. The number of halogens is 1. The van der Waals surface area contributed by atoms with E-state index in [2.05, 4.69) is 19.2 Å². The first-order valence-corrected chi connectivity index (χ1v) is 20.1. The van der Waals surface area contributed by atoms with Crippen LogP contribution in [-0.4, -0.2) is 69.5 Å². The van der Waals surface area contributed by atoms with Gasteiger partial charge in [-0.05, 0) is 87.3 Å². The van der Waals surface area contributed by atoms with Crippen LogP contribution in [0.5, 0.6) is 11.5 Å². The first-order chi connectivity index (χ1) is 26.4. The van der Waals surface area contributed by atoms with E-state index in [4.69, 9.17) is 19.4 Å². The van der Waals surface area contributed by atoms with Gasteiger partial charge in [-0.2, -0.15) is 0 Å². The molecule has 0 unspecified atom stereocenters. The van der Waals surface area contributed by atoms with Crippen LogP contribution in [0.15, 0.2) is 53.9 Å². The number of fused-ring (bicyclic) bond motifs is 3. The average molecular weight is 769 g/mol. The number of aryl methyl sites for hydroxylation is 2. The third-order valence-corrected chi connectivity index (χ3v) is 12.3. The summed E-state index contributed by atoms with van der Waals surface area (Å²) < 4.78 is 27.0. The molecule has 2 fully saturated rings. The number of aromatic nitrogens is 2. The normalized spacial score (nSPS) is 25.2. The predicted molar refractivity (Wildman–Crippen MR) is 211 cm³/mol. The molecule has 1 saturated heterocycles. The molecule has 2 aromatic heterocycles. The number of carboxylic acids is 1. The summed E-state index contributed by atoms with van der Waals surface area (Å²) in [5.74, 6) is -0.749. The number of Topliss-reactive ketones (excluding diaryl/α,β-unsaturated/α-hetero) is 1. The monoisotopic (exact) mass is 768 g/mol. The molecule has 1 saturated carbocycles. The fourth-order valence-electron chi connectivity index (χ4n) is 8.15. The molecule has 55 heavy (non-hydrogen) atoms. The molecular formula is C43H49FN4O6S. The standard InChI is InChI=1S/C43H49FN4O6S/c1-24(2)34-23-55-40(47-34)33-19-38(31-13-14-37(53-5)26(4)39(31)46-33)54-30-18-35-36(49)21-43(42(51)52)20-27(43)11-9-7-6-8-10-12-32(41(50)48(35)22-30)45-29-16-25(3)15-28(44)17-29/h9,11,13-17,19,23-24,27,30,32,35,45H,6-8,10,12,18,20-22H2,1-5H3,(H,51,52)/b11-9-/t27-,30-,32+,35+,43-/m1/s1. The summed E-state index contributed by atoms with van der Waals surface area (Å²) in [7, 11) is 1.62. The van der Waals surface area contributed by atoms with E-state index in [1.54, 1.807) is 25.0 Å². The van der Waals surface area contributed by atoms with E-state index in [1.807, 2.05) is 42.7 Å². The largest absolute Gasteiger partial charge is 0.496 e. The number of benzene rings is 2. The van der Waals surface area contributed by atoms with E-state index < -0.39 is 35.4 Å². The van der Waals surface area contributed by atoms with Crippen molar-refractivity contribution in [3.63, 3.8) is 0 Å². The molecule has 7 rings (SSSR count). The lowest BCUT2D eigenvalue weighted by molar-refractivity contribution is -0.147. The van der Waals surface area contributed by atoms with Crippen molar-refractivity contribution in [2.75, 3.05) is 19.0 Å². The van der Waals surface area contributed by atoms with E-state index in [0.717, 1.165) is 52.9 Å². The molecule has 0 spiro atoms. The lowest BCUT2D eigenvalue weighted by Gasteiger charge is -2.29. The molecule has 4 aromatic rings. The number of aliphatic carboxylic acids is 1. The number of rotatable bonds is 8. The molecule has 0 bridgehead atoms. The third-order valence-electron chi connectivity index (χ3n) is 11.4. The van der Waals surface area contributed by atoms with Crippen molar-refractivity contribution in [2.45, 2.75) is 103 Å². The summed E-state index contributed by atoms with van der Waals surface area (Å²) in [6.45, 7) is 8.03. The maximum absolute atomic E-state index is 14.7. The zero-order valence-corrected chi connectivity index (χ0v) is 32.9. The van der Waals surface area contributed by atoms with Gasteiger partial charge in [0.2, 0.25) is 5.91 Å². The molecule has 290 valence electrons. The summed E-state index contributed by atoms with van der Waals surface area (Å²) in [6.07, 6.45) is 7.56. The average Bonchev–Trinajstić information content (AvgIpc) is 3.43. The number of hydrogen-bond donors (Lipinski definition) is 2. The Morgan fingerprint density at radius 1 is 1.09 bits per heavy atom. The van der Waals surface area contributed by atoms with Gasteiger partial charge in [-0.15, -0.1) is 11.3 Å². The van der Waals surface area contributed by atoms with Gasteiger partial charge in [0.1, 0.15) is 40.2 Å². The highest BCUT2D eigenvalue weighted by atomic mass is 32.1. The number of nitrogens with zero attached hydrogens (tertiary/aromatic N) is 3. The van der Waals surface area contributed by atoms with E-state index >= 15 is 0 Å². The Kier molecular flexibility index (Phi) is 11.0. The maximum atomic E-state index is 14.7. The molecule has 12 heteroatoms. The second kappa shape index (κ2) is 15.7. The summed E-state index contributed by atoms with van der Waals surface area (Å²) >= 11 is 1.51. The molecule has 10 nitrogen and oxygen atoms in total. The minimum atomic E-state index is -1.19. The maximum Gasteiger partial charge on any atom is 0.310 e. The van der Waals surface area contributed by atoms with Crippen molar-refractivity contribution >= 4 is 45.6 Å². The van der Waals surface area contributed by atoms with Gasteiger partial charge < -0.3 is 24.8 Å². The summed E-state index contributed by atoms with van der Waals surface area (Å²) in [4.78, 5) is 53.2. The van der Waals surface area contributed by atoms with Crippen LogP contribution in [0.4, 0.5) is 10.1 Å². The van der Waals surface area contributed by atoms with Crippen molar-refractivity contribution in [1.29, 1.82) is 0 Å². The molecule has 2 N–H and O–H groups in total. The topological polar surface area (TPSA) is 131 Å². The molecule has 1 aliphatic carbocycles. The van der Waals surface area contributed by atoms with Gasteiger partial charge >= 0.3 is 5.97 Å². The third kappa shape index (κ3) is 7.97. The van der Waals surface area contributed by atoms with Gasteiger partial charge in [0, 0.05) is 40.9 Å². The van der Waals surface area contributed by atoms with Crippen LogP contribution < -0.4 is 14.8 Å². The lowest BCUT2D eigenvalue weighted by atomic mass is 9.92. The van der Waals surface area contributed by atoms with Crippen LogP contribution in [0.2, 0.25) is 0 Å². The van der Waals surface area contributed by atoms with E-state index in [0.29, 0.717) is 41.2 Å². The highest BCUT2D eigenvalue weighted by Crippen LogP contribution is 2.57. The van der Waals surface area contributed by atoms with Crippen molar-refractivity contribution in [1.82, 2.24) is 14.9 Å². The SMILES string of the molecule is COc1ccc2c(O[C@@H]3C[C@H]4C(=O)C[C@]5(C(=O)O)C[C@H]5/C=C\CCCCC[C@H](Nc5cc(C)cc(F)c5)C(=O)N4C3)cc(-c3nc(C(C)C)cs3)nc2c1C. The Balaban J connectivity index is 1.26. The Morgan fingerprint density at radius 2 is 1.91 bits per heavy atom. The number of anilines is 1. The molecule has 2 aliphatic heterocycles. The Bertz CT molecular complexity index is 2130. The minimum absolute atomic E-state index is 0.113. The quantitative estimate of drug-likeness (QED) is 0.169. The number of carbonyl (C=O) groups is 3. The van der Waals surface area contributed by atoms with Crippen LogP contribution >= 0.6 is 11.3 Å². The number of ether oxygens (including phenoxy) is 2. The predicted octanol–water partition coefficient (Wildman–Crippen LogP) is 8.65. The summed E-state index contributed by atoms with van der Waals surface area (Å²) in [6, 6.07) is 8.61. The van der Waals surface area contributed by atoms with E-state index in [-0.39, 0.29) is 42.9 Å². The lowest BCUT2D eigenvalue weighted by Crippen LogP contribution is -2.48. The molecule has 3 aliphatic rings. The highest BCUT2D eigenvalue weighted by molar-refractivity contribution is 7.13. The number of pyridine rings is 1. The first-order valence-electron chi connectivity index (χ1n) is 19.2. The zero-order chi connectivity index (χ0) is 39.0. The number of carboxylic acid groups (broad SMARTS) is 1. The van der Waals surface area contributed by atoms with Gasteiger partial charge in [-0.3, -0.25) is 14.4 Å². The van der Waals surface area contributed by atoms with Crippen LogP contribution in [0, 0.1) is 31.0 Å². The number of thiazole rings is 1. The van der Waals surface area contributed by atoms with Crippen molar-refractivity contribution in [3.05, 3.63) is 76.6 Å². The number of methoxy groups -OCH3 is 1. The number of hydrogen-bond acceptors (Lipinski definition) is 9. The summed E-state index contributed by atoms with van der Waals surface area (Å²) in [5, 5.41) is 17.2. The second-order valence-corrected chi connectivity index (χ2v) is 16.6. The highest BCUT2D eigenvalue weighted by Gasteiger charge is 2.61. The zero-order valence-electron chi connectivity index (χ0n) is 32.1.